The maximum absolute atomic E-state index is 13.2. The second-order valence-corrected chi connectivity index (χ2v) is 15.3. The average Bonchev–Trinajstić information content (AvgIpc) is 3.41. The second kappa shape index (κ2) is 19.0. The molecule has 1 fully saturated rings. The van der Waals surface area contributed by atoms with Gasteiger partial charge in [0.15, 0.2) is 6.61 Å². The number of rotatable bonds is 20. The Bertz CT molecular complexity index is 1140. The Hall–Kier alpha value is -2.11. The number of hydrogen-bond donors (Lipinski definition) is 4. The van der Waals surface area contributed by atoms with Gasteiger partial charge in [0.2, 0.25) is 5.91 Å². The number of benzene rings is 1. The van der Waals surface area contributed by atoms with E-state index in [1.807, 2.05) is 12.1 Å². The van der Waals surface area contributed by atoms with Crippen molar-refractivity contribution in [2.24, 2.45) is 23.2 Å². The van der Waals surface area contributed by atoms with Crippen LogP contribution in [0.3, 0.4) is 0 Å². The van der Waals surface area contributed by atoms with Crippen LogP contribution in [0.1, 0.15) is 90.2 Å². The molecule has 0 heterocycles. The summed E-state index contributed by atoms with van der Waals surface area (Å²) in [6.45, 7) is 9.91. The molecule has 0 saturated heterocycles. The third-order valence-corrected chi connectivity index (χ3v) is 11.1. The summed E-state index contributed by atoms with van der Waals surface area (Å²) in [6.07, 6.45) is 9.45. The van der Waals surface area contributed by atoms with Gasteiger partial charge in [-0.05, 0) is 98.7 Å². The number of hydrogen-bond acceptors (Lipinski definition) is 8. The molecule has 260 valence electrons. The Morgan fingerprint density at radius 3 is 2.65 bits per heavy atom. The molecule has 11 heteroatoms. The fourth-order valence-electron chi connectivity index (χ4n) is 6.93. The van der Waals surface area contributed by atoms with E-state index in [1.54, 1.807) is 14.0 Å². The zero-order chi connectivity index (χ0) is 33.7. The lowest BCUT2D eigenvalue weighted by atomic mass is 9.73. The van der Waals surface area contributed by atoms with E-state index in [2.05, 4.69) is 49.1 Å². The first-order valence-electron chi connectivity index (χ1n) is 17.1. The molecular weight excluding hydrogens is 623 g/mol. The summed E-state index contributed by atoms with van der Waals surface area (Å²) in [5, 5.41) is 15.4. The Kier molecular flexibility index (Phi) is 15.9. The molecule has 1 aromatic carbocycles. The highest BCUT2D eigenvalue weighted by atomic mass is 33.1. The maximum Gasteiger partial charge on any atom is 0.410 e. The summed E-state index contributed by atoms with van der Waals surface area (Å²) >= 11 is 4.25. The van der Waals surface area contributed by atoms with Gasteiger partial charge in [-0.3, -0.25) is 9.69 Å². The standard InChI is InChI=1S/C35H57N3O6S2/c1-6-7-8-11-28(44-34(42)38(5)24(2)33(41)37-18-17-36-22-35(3,4)23-46-45)16-15-25-13-14-27-20-30-26(19-29(25)27)10-9-12-31(30)43-21-32(39)40/h9-10,12,24-25,27-29,36,45H,6-8,11,13-23H2,1-5H3,(H,37,41)(H,39,40)/t24?,25-,27-,28?,29-/m1/s1. The summed E-state index contributed by atoms with van der Waals surface area (Å²) < 4.78 is 11.7. The topological polar surface area (TPSA) is 117 Å². The molecule has 0 radical (unpaired) electrons. The Morgan fingerprint density at radius 2 is 1.93 bits per heavy atom. The molecular formula is C35H57N3O6S2. The monoisotopic (exact) mass is 679 g/mol. The molecule has 9 nitrogen and oxygen atoms in total. The molecule has 46 heavy (non-hydrogen) atoms. The number of carbonyl (C=O) groups is 3. The lowest BCUT2D eigenvalue weighted by molar-refractivity contribution is -0.139. The van der Waals surface area contributed by atoms with Crippen LogP contribution in [-0.4, -0.2) is 79.2 Å². The first kappa shape index (κ1) is 38.3. The van der Waals surface area contributed by atoms with Gasteiger partial charge in [-0.15, -0.1) is 11.7 Å². The molecule has 1 aromatic rings. The number of thiol groups is 1. The third kappa shape index (κ3) is 11.8. The molecule has 2 aliphatic rings. The number of likely N-dealkylation sites (N-methyl/N-ethyl adjacent to an activating group) is 1. The summed E-state index contributed by atoms with van der Waals surface area (Å²) in [6, 6.07) is 5.36. The molecule has 0 bridgehead atoms. The zero-order valence-corrected chi connectivity index (χ0v) is 30.2. The fraction of sp³-hybridized carbons (Fsp3) is 0.743. The van der Waals surface area contributed by atoms with Gasteiger partial charge in [0.05, 0.1) is 0 Å². The Morgan fingerprint density at radius 1 is 1.15 bits per heavy atom. The predicted molar refractivity (Wildman–Crippen MR) is 189 cm³/mol. The molecule has 0 aliphatic heterocycles. The smallest absolute Gasteiger partial charge is 0.410 e. The average molecular weight is 680 g/mol. The lowest BCUT2D eigenvalue weighted by Crippen LogP contribution is -2.48. The van der Waals surface area contributed by atoms with E-state index < -0.39 is 18.1 Å². The van der Waals surface area contributed by atoms with Crippen molar-refractivity contribution in [3.05, 3.63) is 29.3 Å². The molecule has 0 aromatic heterocycles. The van der Waals surface area contributed by atoms with Crippen LogP contribution in [0.4, 0.5) is 4.79 Å². The van der Waals surface area contributed by atoms with E-state index in [4.69, 9.17) is 14.6 Å². The first-order valence-corrected chi connectivity index (χ1v) is 19.1. The molecule has 2 amide bonds. The minimum Gasteiger partial charge on any atom is -0.482 e. The van der Waals surface area contributed by atoms with E-state index in [-0.39, 0.29) is 24.0 Å². The quantitative estimate of drug-likeness (QED) is 0.0712. The van der Waals surface area contributed by atoms with E-state index >= 15 is 0 Å². The summed E-state index contributed by atoms with van der Waals surface area (Å²) in [5.41, 5.74) is 2.55. The van der Waals surface area contributed by atoms with Crippen molar-refractivity contribution in [1.29, 1.82) is 0 Å². The van der Waals surface area contributed by atoms with Crippen molar-refractivity contribution < 1.29 is 29.0 Å². The van der Waals surface area contributed by atoms with Crippen LogP contribution in [0.15, 0.2) is 18.2 Å². The molecule has 2 aliphatic carbocycles. The van der Waals surface area contributed by atoms with Gasteiger partial charge in [0.25, 0.3) is 0 Å². The zero-order valence-electron chi connectivity index (χ0n) is 28.5. The van der Waals surface area contributed by atoms with Gasteiger partial charge in [0, 0.05) is 32.4 Å². The van der Waals surface area contributed by atoms with E-state index in [0.717, 1.165) is 76.5 Å². The number of nitrogens with one attached hydrogen (secondary N) is 2. The van der Waals surface area contributed by atoms with Crippen LogP contribution in [0.2, 0.25) is 0 Å². The van der Waals surface area contributed by atoms with E-state index in [0.29, 0.717) is 36.6 Å². The lowest BCUT2D eigenvalue weighted by Gasteiger charge is -2.33. The van der Waals surface area contributed by atoms with Gasteiger partial charge >= 0.3 is 12.1 Å². The minimum atomic E-state index is -0.965. The van der Waals surface area contributed by atoms with Crippen molar-refractivity contribution >= 4 is 40.4 Å². The predicted octanol–water partition coefficient (Wildman–Crippen LogP) is 6.39. The number of ether oxygens (including phenoxy) is 2. The summed E-state index contributed by atoms with van der Waals surface area (Å²) in [7, 11) is 3.17. The van der Waals surface area contributed by atoms with Crippen molar-refractivity contribution in [1.82, 2.24) is 15.5 Å². The number of unbranched alkanes of at least 4 members (excludes halogenated alkanes) is 2. The summed E-state index contributed by atoms with van der Waals surface area (Å²) in [5.74, 6) is 2.18. The summed E-state index contributed by atoms with van der Waals surface area (Å²) in [4.78, 5) is 38.5. The highest BCUT2D eigenvalue weighted by Gasteiger charge is 2.40. The number of aliphatic carboxylic acids is 1. The highest BCUT2D eigenvalue weighted by Crippen LogP contribution is 2.48. The van der Waals surface area contributed by atoms with E-state index in [9.17, 15) is 14.4 Å². The second-order valence-electron chi connectivity index (χ2n) is 14.0. The Balaban J connectivity index is 1.50. The van der Waals surface area contributed by atoms with Gasteiger partial charge in [-0.1, -0.05) is 56.5 Å². The normalized spacial score (nSPS) is 20.3. The number of carbonyl (C=O) groups excluding carboxylic acids is 2. The number of amides is 2. The fourth-order valence-corrected chi connectivity index (χ4v) is 8.43. The SMILES string of the molecule is CCCCCC(CC[C@H]1CC[C@@H]2Cc3c(cccc3OCC(=O)O)C[C@H]12)OC(=O)N(C)C(C)C(=O)NCCNCC(C)(C)CSS. The number of nitrogens with zero attached hydrogens (tertiary/aromatic N) is 1. The largest absolute Gasteiger partial charge is 0.482 e. The molecule has 1 saturated carbocycles. The third-order valence-electron chi connectivity index (χ3n) is 9.79. The van der Waals surface area contributed by atoms with Crippen molar-refractivity contribution in [2.45, 2.75) is 104 Å². The van der Waals surface area contributed by atoms with E-state index in [1.165, 1.54) is 26.8 Å². The molecule has 2 unspecified atom stereocenters. The van der Waals surface area contributed by atoms with Gasteiger partial charge < -0.3 is 25.2 Å². The molecule has 0 spiro atoms. The van der Waals surface area contributed by atoms with Crippen molar-refractivity contribution in [3.63, 3.8) is 0 Å². The van der Waals surface area contributed by atoms with Crippen molar-refractivity contribution in [3.8, 4) is 5.75 Å². The maximum atomic E-state index is 13.2. The van der Waals surface area contributed by atoms with Crippen LogP contribution in [0, 0.1) is 23.2 Å². The highest BCUT2D eigenvalue weighted by molar-refractivity contribution is 8.68. The number of fused-ring (bicyclic) bond motifs is 2. The number of carboxylic acids is 1. The van der Waals surface area contributed by atoms with Gasteiger partial charge in [0.1, 0.15) is 17.9 Å². The molecule has 5 atom stereocenters. The van der Waals surface area contributed by atoms with Gasteiger partial charge in [-0.25, -0.2) is 9.59 Å². The van der Waals surface area contributed by atoms with Crippen LogP contribution in [-0.2, 0) is 27.2 Å². The first-order chi connectivity index (χ1) is 22.0. The van der Waals surface area contributed by atoms with Gasteiger partial charge in [-0.2, -0.15) is 0 Å². The molecule has 3 N–H and O–H groups in total. The Labute approximate surface area is 285 Å². The van der Waals surface area contributed by atoms with Crippen LogP contribution < -0.4 is 15.4 Å². The molecule has 3 rings (SSSR count). The minimum absolute atomic E-state index is 0.118. The number of carboxylic acid groups (broad SMARTS) is 1. The van der Waals surface area contributed by atoms with Crippen LogP contribution in [0.5, 0.6) is 5.75 Å². The van der Waals surface area contributed by atoms with Crippen LogP contribution in [0.25, 0.3) is 0 Å². The van der Waals surface area contributed by atoms with Crippen molar-refractivity contribution in [2.75, 3.05) is 39.0 Å². The van der Waals surface area contributed by atoms with Crippen LogP contribution >= 0.6 is 22.5 Å².